The summed E-state index contributed by atoms with van der Waals surface area (Å²) in [5.74, 6) is 0.658. The standard InChI is InChI=1S/C15H17N3O3/c19-10-5-7-18(12(8-10)9-3-4-9)15(20)13-11-2-1-6-16-14(11)17-21-13/h1-2,6,9-10,12,19H,3-5,7-8H2/t10-,12+/m0/s1. The third-order valence-corrected chi connectivity index (χ3v) is 4.49. The number of hydrogen-bond donors (Lipinski definition) is 1. The number of nitrogens with zero attached hydrogens (tertiary/aromatic N) is 3. The third-order valence-electron chi connectivity index (χ3n) is 4.49. The maximum atomic E-state index is 12.8. The minimum absolute atomic E-state index is 0.123. The van der Waals surface area contributed by atoms with Gasteiger partial charge in [0.15, 0.2) is 0 Å². The molecule has 2 fully saturated rings. The second kappa shape index (κ2) is 4.80. The Balaban J connectivity index is 1.66. The van der Waals surface area contributed by atoms with Crippen molar-refractivity contribution in [2.45, 2.75) is 37.8 Å². The third kappa shape index (κ3) is 2.19. The second-order valence-electron chi connectivity index (χ2n) is 5.97. The van der Waals surface area contributed by atoms with Gasteiger partial charge in [-0.15, -0.1) is 0 Å². The van der Waals surface area contributed by atoms with Crippen LogP contribution in [0.2, 0.25) is 0 Å². The molecule has 0 bridgehead atoms. The number of aromatic nitrogens is 2. The first-order chi connectivity index (χ1) is 10.2. The molecule has 1 amide bonds. The zero-order chi connectivity index (χ0) is 14.4. The van der Waals surface area contributed by atoms with E-state index in [2.05, 4.69) is 10.1 Å². The van der Waals surface area contributed by atoms with Crippen LogP contribution in [0.15, 0.2) is 22.9 Å². The fraction of sp³-hybridized carbons (Fsp3) is 0.533. The second-order valence-corrected chi connectivity index (χ2v) is 5.97. The van der Waals surface area contributed by atoms with Gasteiger partial charge in [0.1, 0.15) is 0 Å². The highest BCUT2D eigenvalue weighted by molar-refractivity contribution is 6.02. The van der Waals surface area contributed by atoms with Crippen molar-refractivity contribution in [2.75, 3.05) is 6.54 Å². The maximum absolute atomic E-state index is 12.8. The summed E-state index contributed by atoms with van der Waals surface area (Å²) in [5.41, 5.74) is 0.459. The summed E-state index contributed by atoms with van der Waals surface area (Å²) in [6.07, 6.45) is 4.90. The van der Waals surface area contributed by atoms with Crippen LogP contribution < -0.4 is 0 Å². The number of piperidine rings is 1. The fourth-order valence-corrected chi connectivity index (χ4v) is 3.23. The van der Waals surface area contributed by atoms with Crippen molar-refractivity contribution in [1.29, 1.82) is 0 Å². The van der Waals surface area contributed by atoms with Crippen molar-refractivity contribution in [3.05, 3.63) is 24.1 Å². The van der Waals surface area contributed by atoms with Crippen LogP contribution in [0.3, 0.4) is 0 Å². The quantitative estimate of drug-likeness (QED) is 0.907. The molecule has 1 saturated carbocycles. The summed E-state index contributed by atoms with van der Waals surface area (Å²) < 4.78 is 5.24. The predicted octanol–water partition coefficient (Wildman–Crippen LogP) is 1.60. The topological polar surface area (TPSA) is 79.5 Å². The first-order valence-corrected chi connectivity index (χ1v) is 7.43. The number of aliphatic hydroxyl groups is 1. The Labute approximate surface area is 121 Å². The molecule has 6 nitrogen and oxygen atoms in total. The van der Waals surface area contributed by atoms with Crippen LogP contribution in [-0.4, -0.2) is 44.7 Å². The number of aliphatic hydroxyl groups excluding tert-OH is 1. The molecule has 0 aromatic carbocycles. The van der Waals surface area contributed by atoms with E-state index < -0.39 is 0 Å². The van der Waals surface area contributed by atoms with Gasteiger partial charge in [-0.3, -0.25) is 4.79 Å². The smallest absolute Gasteiger partial charge is 0.293 e. The average Bonchev–Trinajstić information content (AvgIpc) is 3.26. The van der Waals surface area contributed by atoms with Crippen LogP contribution in [0.1, 0.15) is 36.2 Å². The molecule has 21 heavy (non-hydrogen) atoms. The van der Waals surface area contributed by atoms with Gasteiger partial charge in [-0.25, -0.2) is 4.98 Å². The van der Waals surface area contributed by atoms with E-state index in [0.29, 0.717) is 36.3 Å². The largest absolute Gasteiger partial charge is 0.393 e. The molecule has 2 aromatic rings. The SMILES string of the molecule is O=C(c1onc2ncccc12)N1CC[C@H](O)C[C@@H]1C1CC1. The summed E-state index contributed by atoms with van der Waals surface area (Å²) in [7, 11) is 0. The lowest BCUT2D eigenvalue weighted by Gasteiger charge is -2.37. The Morgan fingerprint density at radius 1 is 1.38 bits per heavy atom. The fourth-order valence-electron chi connectivity index (χ4n) is 3.23. The molecule has 6 heteroatoms. The monoisotopic (exact) mass is 287 g/mol. The first kappa shape index (κ1) is 12.8. The zero-order valence-electron chi connectivity index (χ0n) is 11.6. The van der Waals surface area contributed by atoms with Crippen LogP contribution in [0, 0.1) is 5.92 Å². The van der Waals surface area contributed by atoms with E-state index >= 15 is 0 Å². The highest BCUT2D eigenvalue weighted by atomic mass is 16.5. The number of pyridine rings is 1. The van der Waals surface area contributed by atoms with Crippen LogP contribution in [0.4, 0.5) is 0 Å². The van der Waals surface area contributed by atoms with E-state index in [1.54, 1.807) is 18.3 Å². The number of hydrogen-bond acceptors (Lipinski definition) is 5. The van der Waals surface area contributed by atoms with Crippen molar-refractivity contribution in [3.8, 4) is 0 Å². The van der Waals surface area contributed by atoms with E-state index in [0.717, 1.165) is 12.8 Å². The lowest BCUT2D eigenvalue weighted by Crippen LogP contribution is -2.48. The predicted molar refractivity (Wildman–Crippen MR) is 74.6 cm³/mol. The molecule has 4 rings (SSSR count). The number of rotatable bonds is 2. The molecule has 2 aromatic heterocycles. The molecule has 1 aliphatic carbocycles. The van der Waals surface area contributed by atoms with Gasteiger partial charge in [0.2, 0.25) is 11.4 Å². The van der Waals surface area contributed by atoms with Crippen LogP contribution in [0.5, 0.6) is 0 Å². The van der Waals surface area contributed by atoms with Crippen molar-refractivity contribution in [1.82, 2.24) is 15.0 Å². The number of carbonyl (C=O) groups excluding carboxylic acids is 1. The Hall–Kier alpha value is -1.95. The Morgan fingerprint density at radius 3 is 3.05 bits per heavy atom. The highest BCUT2D eigenvalue weighted by Crippen LogP contribution is 2.40. The summed E-state index contributed by atoms with van der Waals surface area (Å²) in [4.78, 5) is 18.8. The van der Waals surface area contributed by atoms with Gasteiger partial charge in [0.05, 0.1) is 11.5 Å². The van der Waals surface area contributed by atoms with Crippen LogP contribution >= 0.6 is 0 Å². The van der Waals surface area contributed by atoms with Gasteiger partial charge in [0.25, 0.3) is 5.91 Å². The average molecular weight is 287 g/mol. The molecule has 3 heterocycles. The van der Waals surface area contributed by atoms with Gasteiger partial charge in [0, 0.05) is 18.8 Å². The number of likely N-dealkylation sites (tertiary alicyclic amines) is 1. The molecular formula is C15H17N3O3. The number of carbonyl (C=O) groups is 1. The van der Waals surface area contributed by atoms with Crippen molar-refractivity contribution in [3.63, 3.8) is 0 Å². The lowest BCUT2D eigenvalue weighted by molar-refractivity contribution is 0.0244. The normalized spacial score (nSPS) is 26.2. The minimum Gasteiger partial charge on any atom is -0.393 e. The van der Waals surface area contributed by atoms with E-state index in [1.165, 1.54) is 0 Å². The molecule has 2 atom stereocenters. The molecule has 1 aliphatic heterocycles. The van der Waals surface area contributed by atoms with E-state index in [-0.39, 0.29) is 23.8 Å². The van der Waals surface area contributed by atoms with Crippen LogP contribution in [-0.2, 0) is 0 Å². The Morgan fingerprint density at radius 2 is 2.24 bits per heavy atom. The van der Waals surface area contributed by atoms with Crippen molar-refractivity contribution < 1.29 is 14.4 Å². The lowest BCUT2D eigenvalue weighted by atomic mass is 9.95. The summed E-state index contributed by atoms with van der Waals surface area (Å²) in [5, 5.41) is 14.4. The van der Waals surface area contributed by atoms with Gasteiger partial charge in [-0.1, -0.05) is 5.16 Å². The Kier molecular flexibility index (Phi) is 2.92. The van der Waals surface area contributed by atoms with E-state index in [1.807, 2.05) is 4.90 Å². The van der Waals surface area contributed by atoms with Gasteiger partial charge < -0.3 is 14.5 Å². The van der Waals surface area contributed by atoms with Gasteiger partial charge in [-0.2, -0.15) is 0 Å². The van der Waals surface area contributed by atoms with Crippen molar-refractivity contribution in [2.24, 2.45) is 5.92 Å². The summed E-state index contributed by atoms with van der Waals surface area (Å²) in [6, 6.07) is 3.70. The molecule has 0 unspecified atom stereocenters. The maximum Gasteiger partial charge on any atom is 0.293 e. The molecule has 1 N–H and O–H groups in total. The minimum atomic E-state index is -0.298. The molecule has 0 radical (unpaired) electrons. The van der Waals surface area contributed by atoms with Gasteiger partial charge >= 0.3 is 0 Å². The highest BCUT2D eigenvalue weighted by Gasteiger charge is 2.42. The zero-order valence-corrected chi connectivity index (χ0v) is 11.6. The molecular weight excluding hydrogens is 270 g/mol. The number of fused-ring (bicyclic) bond motifs is 1. The van der Waals surface area contributed by atoms with Crippen molar-refractivity contribution >= 4 is 16.9 Å². The molecule has 0 spiro atoms. The molecule has 1 saturated heterocycles. The van der Waals surface area contributed by atoms with E-state index in [9.17, 15) is 9.90 Å². The molecule has 110 valence electrons. The number of amides is 1. The van der Waals surface area contributed by atoms with Crippen LogP contribution in [0.25, 0.3) is 11.0 Å². The van der Waals surface area contributed by atoms with E-state index in [4.69, 9.17) is 4.52 Å². The van der Waals surface area contributed by atoms with Gasteiger partial charge in [-0.05, 0) is 43.7 Å². The first-order valence-electron chi connectivity index (χ1n) is 7.43. The Bertz CT molecular complexity index is 680. The summed E-state index contributed by atoms with van der Waals surface area (Å²) in [6.45, 7) is 0.573. The summed E-state index contributed by atoms with van der Waals surface area (Å²) >= 11 is 0. The molecule has 2 aliphatic rings.